The van der Waals surface area contributed by atoms with Gasteiger partial charge in [0, 0.05) is 38.3 Å². The molecule has 1 aliphatic rings. The molecule has 0 radical (unpaired) electrons. The summed E-state index contributed by atoms with van der Waals surface area (Å²) in [6.07, 6.45) is 4.31. The average Bonchev–Trinajstić information content (AvgIpc) is 2.66. The predicted octanol–water partition coefficient (Wildman–Crippen LogP) is 2.61. The van der Waals surface area contributed by atoms with Crippen LogP contribution in [-0.2, 0) is 0 Å². The zero-order valence-corrected chi connectivity index (χ0v) is 14.7. The summed E-state index contributed by atoms with van der Waals surface area (Å²) in [6, 6.07) is 14.5. The molecule has 0 unspecified atom stereocenters. The van der Waals surface area contributed by atoms with E-state index in [2.05, 4.69) is 34.1 Å². The lowest BCUT2D eigenvalue weighted by Crippen LogP contribution is -2.47. The molecule has 1 aliphatic heterocycles. The van der Waals surface area contributed by atoms with Crippen LogP contribution in [-0.4, -0.2) is 65.1 Å². The first-order valence-electron chi connectivity index (χ1n) is 8.83. The zero-order valence-electron chi connectivity index (χ0n) is 14.7. The minimum Gasteiger partial charge on any atom is -0.504 e. The SMILES string of the molecule is O=C(CN1CCN(C/C=C/c2ccccc2)CC1)c1ccc(O)c(O)c1. The molecule has 0 bridgehead atoms. The monoisotopic (exact) mass is 352 g/mol. The first kappa shape index (κ1) is 18.2. The number of hydrogen-bond acceptors (Lipinski definition) is 5. The standard InChI is InChI=1S/C21H24N2O3/c24-19-9-8-18(15-20(19)25)21(26)16-23-13-11-22(12-14-23)10-4-7-17-5-2-1-3-6-17/h1-9,15,24-25H,10-14,16H2/b7-4+. The van der Waals surface area contributed by atoms with Crippen molar-refractivity contribution in [2.24, 2.45) is 0 Å². The van der Waals surface area contributed by atoms with Crippen molar-refractivity contribution in [2.75, 3.05) is 39.3 Å². The maximum atomic E-state index is 12.3. The van der Waals surface area contributed by atoms with Crippen LogP contribution < -0.4 is 0 Å². The van der Waals surface area contributed by atoms with Crippen LogP contribution in [0.2, 0.25) is 0 Å². The Balaban J connectivity index is 1.44. The molecular weight excluding hydrogens is 328 g/mol. The van der Waals surface area contributed by atoms with Gasteiger partial charge in [-0.05, 0) is 23.8 Å². The van der Waals surface area contributed by atoms with E-state index in [1.165, 1.54) is 17.7 Å². The number of carbonyl (C=O) groups excluding carboxylic acids is 1. The van der Waals surface area contributed by atoms with Crippen LogP contribution in [0.25, 0.3) is 6.08 Å². The van der Waals surface area contributed by atoms with E-state index in [-0.39, 0.29) is 17.3 Å². The molecule has 0 saturated carbocycles. The van der Waals surface area contributed by atoms with Gasteiger partial charge in [0.15, 0.2) is 17.3 Å². The molecule has 26 heavy (non-hydrogen) atoms. The lowest BCUT2D eigenvalue weighted by Gasteiger charge is -2.33. The second-order valence-electron chi connectivity index (χ2n) is 6.52. The molecule has 0 amide bonds. The second kappa shape index (κ2) is 8.65. The molecule has 0 atom stereocenters. The smallest absolute Gasteiger partial charge is 0.176 e. The number of hydrogen-bond donors (Lipinski definition) is 2. The van der Waals surface area contributed by atoms with Gasteiger partial charge in [-0.1, -0.05) is 42.5 Å². The van der Waals surface area contributed by atoms with Crippen molar-refractivity contribution in [2.45, 2.75) is 0 Å². The largest absolute Gasteiger partial charge is 0.504 e. The highest BCUT2D eigenvalue weighted by atomic mass is 16.3. The third-order valence-corrected chi connectivity index (χ3v) is 4.60. The van der Waals surface area contributed by atoms with E-state index in [1.54, 1.807) is 6.07 Å². The number of Topliss-reactive ketones (excluding diaryl/α,β-unsaturated/α-hetero) is 1. The van der Waals surface area contributed by atoms with Gasteiger partial charge in [-0.2, -0.15) is 0 Å². The Labute approximate surface area is 153 Å². The molecule has 0 spiro atoms. The lowest BCUT2D eigenvalue weighted by molar-refractivity contribution is 0.0865. The number of ketones is 1. The van der Waals surface area contributed by atoms with Crippen LogP contribution in [0.15, 0.2) is 54.6 Å². The van der Waals surface area contributed by atoms with Gasteiger partial charge in [-0.3, -0.25) is 14.6 Å². The number of carbonyl (C=O) groups is 1. The molecule has 2 aromatic rings. The maximum absolute atomic E-state index is 12.3. The van der Waals surface area contributed by atoms with Crippen LogP contribution in [0.4, 0.5) is 0 Å². The predicted molar refractivity (Wildman–Crippen MR) is 102 cm³/mol. The highest BCUT2D eigenvalue weighted by Gasteiger charge is 2.19. The van der Waals surface area contributed by atoms with Gasteiger partial charge in [0.2, 0.25) is 0 Å². The van der Waals surface area contributed by atoms with Crippen molar-refractivity contribution >= 4 is 11.9 Å². The van der Waals surface area contributed by atoms with Crippen LogP contribution >= 0.6 is 0 Å². The lowest BCUT2D eigenvalue weighted by atomic mass is 10.1. The molecular formula is C21H24N2O3. The van der Waals surface area contributed by atoms with Crippen molar-refractivity contribution in [3.05, 3.63) is 65.7 Å². The fourth-order valence-corrected chi connectivity index (χ4v) is 3.02. The summed E-state index contributed by atoms with van der Waals surface area (Å²) in [7, 11) is 0. The number of piperazine rings is 1. The summed E-state index contributed by atoms with van der Waals surface area (Å²) in [6.45, 7) is 4.77. The van der Waals surface area contributed by atoms with Crippen LogP contribution in [0.5, 0.6) is 11.5 Å². The van der Waals surface area contributed by atoms with E-state index in [9.17, 15) is 15.0 Å². The summed E-state index contributed by atoms with van der Waals surface area (Å²) in [5.74, 6) is -0.512. The second-order valence-corrected chi connectivity index (χ2v) is 6.52. The summed E-state index contributed by atoms with van der Waals surface area (Å²) in [5.41, 5.74) is 1.63. The minimum atomic E-state index is -0.258. The van der Waals surface area contributed by atoms with E-state index in [0.29, 0.717) is 12.1 Å². The van der Waals surface area contributed by atoms with Crippen LogP contribution in [0.1, 0.15) is 15.9 Å². The van der Waals surface area contributed by atoms with Gasteiger partial charge in [0.1, 0.15) is 0 Å². The van der Waals surface area contributed by atoms with E-state index >= 15 is 0 Å². The highest BCUT2D eigenvalue weighted by Crippen LogP contribution is 2.25. The minimum absolute atomic E-state index is 0.0438. The van der Waals surface area contributed by atoms with Gasteiger partial charge >= 0.3 is 0 Å². The molecule has 1 heterocycles. The third-order valence-electron chi connectivity index (χ3n) is 4.60. The molecule has 0 aliphatic carbocycles. The summed E-state index contributed by atoms with van der Waals surface area (Å²) < 4.78 is 0. The summed E-state index contributed by atoms with van der Waals surface area (Å²) in [4.78, 5) is 16.8. The van der Waals surface area contributed by atoms with Crippen molar-refractivity contribution in [3.63, 3.8) is 0 Å². The number of phenolic OH excluding ortho intramolecular Hbond substituents is 2. The fraction of sp³-hybridized carbons (Fsp3) is 0.286. The van der Waals surface area contributed by atoms with Crippen LogP contribution in [0.3, 0.4) is 0 Å². The molecule has 1 saturated heterocycles. The molecule has 2 N–H and O–H groups in total. The van der Waals surface area contributed by atoms with Gasteiger partial charge < -0.3 is 10.2 Å². The number of aromatic hydroxyl groups is 2. The van der Waals surface area contributed by atoms with Gasteiger partial charge in [-0.25, -0.2) is 0 Å². The van der Waals surface area contributed by atoms with E-state index in [4.69, 9.17) is 0 Å². The number of phenols is 2. The maximum Gasteiger partial charge on any atom is 0.176 e. The Morgan fingerprint density at radius 1 is 0.923 bits per heavy atom. The van der Waals surface area contributed by atoms with E-state index in [1.807, 2.05) is 18.2 Å². The van der Waals surface area contributed by atoms with Gasteiger partial charge in [-0.15, -0.1) is 0 Å². The van der Waals surface area contributed by atoms with Crippen LogP contribution in [0, 0.1) is 0 Å². The molecule has 0 aromatic heterocycles. The molecule has 5 nitrogen and oxygen atoms in total. The molecule has 1 fully saturated rings. The fourth-order valence-electron chi connectivity index (χ4n) is 3.02. The summed E-state index contributed by atoms with van der Waals surface area (Å²) in [5, 5.41) is 18.9. The highest BCUT2D eigenvalue weighted by molar-refractivity contribution is 5.98. The number of nitrogens with zero attached hydrogens (tertiary/aromatic N) is 2. The van der Waals surface area contributed by atoms with Crippen molar-refractivity contribution < 1.29 is 15.0 Å². The van der Waals surface area contributed by atoms with Gasteiger partial charge in [0.25, 0.3) is 0 Å². The average molecular weight is 352 g/mol. The van der Waals surface area contributed by atoms with E-state index < -0.39 is 0 Å². The summed E-state index contributed by atoms with van der Waals surface area (Å²) >= 11 is 0. The molecule has 3 rings (SSSR count). The number of rotatable bonds is 6. The molecule has 136 valence electrons. The molecule has 2 aromatic carbocycles. The molecule has 5 heteroatoms. The van der Waals surface area contributed by atoms with Gasteiger partial charge in [0.05, 0.1) is 6.54 Å². The quantitative estimate of drug-likeness (QED) is 0.618. The van der Waals surface area contributed by atoms with Crippen molar-refractivity contribution in [1.82, 2.24) is 9.80 Å². The Hall–Kier alpha value is -2.63. The third kappa shape index (κ3) is 4.94. The first-order valence-corrected chi connectivity index (χ1v) is 8.83. The van der Waals surface area contributed by atoms with Crippen molar-refractivity contribution in [1.29, 1.82) is 0 Å². The Kier molecular flexibility index (Phi) is 6.04. The Bertz CT molecular complexity index is 766. The Morgan fingerprint density at radius 2 is 1.62 bits per heavy atom. The number of benzene rings is 2. The normalized spacial score (nSPS) is 16.2. The topological polar surface area (TPSA) is 64.0 Å². The van der Waals surface area contributed by atoms with Crippen molar-refractivity contribution in [3.8, 4) is 11.5 Å². The zero-order chi connectivity index (χ0) is 18.4. The van der Waals surface area contributed by atoms with E-state index in [0.717, 1.165) is 32.7 Å². The Morgan fingerprint density at radius 3 is 2.31 bits per heavy atom. The first-order chi connectivity index (χ1) is 12.6.